The second-order valence-electron chi connectivity index (χ2n) is 6.35. The molecule has 0 bridgehead atoms. The highest BCUT2D eigenvalue weighted by Gasteiger charge is 2.25. The highest BCUT2D eigenvalue weighted by Crippen LogP contribution is 2.38. The second-order valence-corrected chi connectivity index (χ2v) is 7.36. The molecule has 3 heterocycles. The first-order chi connectivity index (χ1) is 12.6. The number of carbonyl (C=O) groups excluding carboxylic acids is 1. The number of hydrogen-bond acceptors (Lipinski definition) is 6. The van der Waals surface area contributed by atoms with Crippen molar-refractivity contribution < 1.29 is 23.6 Å². The van der Waals surface area contributed by atoms with E-state index in [9.17, 15) is 4.79 Å². The SMILES string of the molecule is C[NH+](C)CCN(C(=O)c1ccco1)c1nc2cc3c(cc2s1)OCCO3. The van der Waals surface area contributed by atoms with Gasteiger partial charge in [-0.2, -0.15) is 0 Å². The predicted molar refractivity (Wildman–Crippen MR) is 98.7 cm³/mol. The highest BCUT2D eigenvalue weighted by molar-refractivity contribution is 7.22. The molecule has 7 nitrogen and oxygen atoms in total. The maximum Gasteiger partial charge on any atom is 0.295 e. The van der Waals surface area contributed by atoms with Gasteiger partial charge < -0.3 is 18.8 Å². The van der Waals surface area contributed by atoms with Crippen molar-refractivity contribution in [2.75, 3.05) is 45.3 Å². The molecule has 3 aromatic rings. The standard InChI is InChI=1S/C18H19N3O4S/c1-20(2)5-6-21(17(22)13-4-3-7-23-13)18-19-12-10-14-15(11-16(12)26-18)25-9-8-24-14/h3-4,7,10-11H,5-6,8-9H2,1-2H3/p+1. The number of aromatic nitrogens is 1. The van der Waals surface area contributed by atoms with Crippen molar-refractivity contribution in [1.82, 2.24) is 4.98 Å². The summed E-state index contributed by atoms with van der Waals surface area (Å²) in [6.07, 6.45) is 1.50. The summed E-state index contributed by atoms with van der Waals surface area (Å²) in [7, 11) is 4.10. The van der Waals surface area contributed by atoms with Crippen molar-refractivity contribution in [3.05, 3.63) is 36.3 Å². The summed E-state index contributed by atoms with van der Waals surface area (Å²) in [5.74, 6) is 1.54. The molecule has 1 amide bonds. The van der Waals surface area contributed by atoms with Crippen molar-refractivity contribution >= 4 is 32.6 Å². The van der Waals surface area contributed by atoms with E-state index in [0.29, 0.717) is 36.4 Å². The zero-order valence-electron chi connectivity index (χ0n) is 14.7. The number of quaternary nitrogens is 1. The summed E-state index contributed by atoms with van der Waals surface area (Å²) in [6, 6.07) is 7.18. The van der Waals surface area contributed by atoms with E-state index in [1.807, 2.05) is 12.1 Å². The van der Waals surface area contributed by atoms with Crippen LogP contribution in [0.5, 0.6) is 11.5 Å². The summed E-state index contributed by atoms with van der Waals surface area (Å²) in [5.41, 5.74) is 0.795. The van der Waals surface area contributed by atoms with E-state index >= 15 is 0 Å². The van der Waals surface area contributed by atoms with Gasteiger partial charge in [0, 0.05) is 12.1 Å². The lowest BCUT2D eigenvalue weighted by Gasteiger charge is -2.19. The number of ether oxygens (including phenoxy) is 2. The first-order valence-corrected chi connectivity index (χ1v) is 9.28. The van der Waals surface area contributed by atoms with Gasteiger partial charge >= 0.3 is 0 Å². The first kappa shape index (κ1) is 16.9. The van der Waals surface area contributed by atoms with Gasteiger partial charge in [-0.3, -0.25) is 9.69 Å². The third-order valence-electron chi connectivity index (χ3n) is 4.08. The normalized spacial score (nSPS) is 13.3. The largest absolute Gasteiger partial charge is 0.486 e. The van der Waals surface area contributed by atoms with Crippen molar-refractivity contribution in [2.45, 2.75) is 0 Å². The van der Waals surface area contributed by atoms with Gasteiger partial charge in [-0.05, 0) is 12.1 Å². The average Bonchev–Trinajstić information content (AvgIpc) is 3.29. The molecule has 1 aliphatic heterocycles. The zero-order valence-corrected chi connectivity index (χ0v) is 15.5. The van der Waals surface area contributed by atoms with Gasteiger partial charge in [-0.15, -0.1) is 0 Å². The molecule has 0 spiro atoms. The number of furan rings is 1. The second kappa shape index (κ2) is 6.97. The van der Waals surface area contributed by atoms with E-state index < -0.39 is 0 Å². The lowest BCUT2D eigenvalue weighted by molar-refractivity contribution is -0.856. The van der Waals surface area contributed by atoms with E-state index in [2.05, 4.69) is 19.1 Å². The average molecular weight is 374 g/mol. The Balaban J connectivity index is 1.71. The van der Waals surface area contributed by atoms with Crippen LogP contribution in [0, 0.1) is 0 Å². The predicted octanol–water partition coefficient (Wildman–Crippen LogP) is 1.45. The number of nitrogens with one attached hydrogen (secondary N) is 1. The van der Waals surface area contributed by atoms with E-state index in [4.69, 9.17) is 13.9 Å². The Hall–Kier alpha value is -2.58. The molecule has 1 aliphatic rings. The van der Waals surface area contributed by atoms with E-state index in [0.717, 1.165) is 22.5 Å². The summed E-state index contributed by atoms with van der Waals surface area (Å²) < 4.78 is 17.5. The Morgan fingerprint density at radius 1 is 1.27 bits per heavy atom. The van der Waals surface area contributed by atoms with Crippen LogP contribution in [0.25, 0.3) is 10.2 Å². The maximum atomic E-state index is 12.9. The molecule has 1 aromatic carbocycles. The van der Waals surface area contributed by atoms with Gasteiger partial charge in [0.2, 0.25) is 0 Å². The molecule has 0 fully saturated rings. The van der Waals surface area contributed by atoms with Crippen LogP contribution in [0.1, 0.15) is 10.6 Å². The molecule has 0 radical (unpaired) electrons. The summed E-state index contributed by atoms with van der Waals surface area (Å²) >= 11 is 1.46. The topological polar surface area (TPSA) is 69.2 Å². The lowest BCUT2D eigenvalue weighted by Crippen LogP contribution is -3.06. The fraction of sp³-hybridized carbons (Fsp3) is 0.333. The molecule has 4 rings (SSSR count). The third kappa shape index (κ3) is 3.25. The summed E-state index contributed by atoms with van der Waals surface area (Å²) in [5, 5.41) is 0.644. The Morgan fingerprint density at radius 2 is 2.04 bits per heavy atom. The molecule has 0 saturated carbocycles. The van der Waals surface area contributed by atoms with E-state index in [1.165, 1.54) is 22.5 Å². The fourth-order valence-corrected chi connectivity index (χ4v) is 3.72. The van der Waals surface area contributed by atoms with E-state index in [1.54, 1.807) is 17.0 Å². The van der Waals surface area contributed by atoms with Gasteiger partial charge in [0.05, 0.1) is 43.7 Å². The Morgan fingerprint density at radius 3 is 2.73 bits per heavy atom. The van der Waals surface area contributed by atoms with Crippen LogP contribution in [-0.4, -0.2) is 51.3 Å². The van der Waals surface area contributed by atoms with Crippen LogP contribution < -0.4 is 19.3 Å². The maximum absolute atomic E-state index is 12.9. The number of nitrogens with zero attached hydrogens (tertiary/aromatic N) is 2. The Kier molecular flexibility index (Phi) is 4.52. The molecule has 2 aromatic heterocycles. The van der Waals surface area contributed by atoms with Crippen molar-refractivity contribution in [2.24, 2.45) is 0 Å². The van der Waals surface area contributed by atoms with Crippen LogP contribution >= 0.6 is 11.3 Å². The van der Waals surface area contributed by atoms with Gasteiger partial charge in [0.1, 0.15) is 13.2 Å². The Labute approximate surface area is 154 Å². The first-order valence-electron chi connectivity index (χ1n) is 8.46. The molecule has 8 heteroatoms. The number of carbonyl (C=O) groups is 1. The monoisotopic (exact) mass is 374 g/mol. The van der Waals surface area contributed by atoms with Crippen molar-refractivity contribution in [1.29, 1.82) is 0 Å². The van der Waals surface area contributed by atoms with Crippen LogP contribution in [0.4, 0.5) is 5.13 Å². The molecular formula is C18H20N3O4S+. The number of anilines is 1. The minimum Gasteiger partial charge on any atom is -0.486 e. The number of thiazole rings is 1. The number of fused-ring (bicyclic) bond motifs is 2. The smallest absolute Gasteiger partial charge is 0.295 e. The van der Waals surface area contributed by atoms with Gasteiger partial charge in [-0.1, -0.05) is 11.3 Å². The molecule has 0 saturated heterocycles. The minimum atomic E-state index is -0.187. The van der Waals surface area contributed by atoms with E-state index in [-0.39, 0.29) is 5.91 Å². The molecule has 0 atom stereocenters. The fourth-order valence-electron chi connectivity index (χ4n) is 2.72. The number of likely N-dealkylation sites (N-methyl/N-ethyl adjacent to an activating group) is 1. The zero-order chi connectivity index (χ0) is 18.1. The van der Waals surface area contributed by atoms with Gasteiger partial charge in [0.25, 0.3) is 5.91 Å². The number of hydrogen-bond donors (Lipinski definition) is 1. The molecule has 0 unspecified atom stereocenters. The van der Waals surface area contributed by atoms with Crippen LogP contribution in [0.3, 0.4) is 0 Å². The highest BCUT2D eigenvalue weighted by atomic mass is 32.1. The van der Waals surface area contributed by atoms with Crippen molar-refractivity contribution in [3.8, 4) is 11.5 Å². The van der Waals surface area contributed by atoms with Crippen LogP contribution in [0.2, 0.25) is 0 Å². The number of benzene rings is 1. The van der Waals surface area contributed by atoms with Crippen LogP contribution in [-0.2, 0) is 0 Å². The summed E-state index contributed by atoms with van der Waals surface area (Å²) in [4.78, 5) is 20.5. The molecule has 0 aliphatic carbocycles. The third-order valence-corrected chi connectivity index (χ3v) is 5.13. The van der Waals surface area contributed by atoms with Gasteiger partial charge in [0.15, 0.2) is 22.4 Å². The van der Waals surface area contributed by atoms with Gasteiger partial charge in [-0.25, -0.2) is 4.98 Å². The molecular weight excluding hydrogens is 354 g/mol. The lowest BCUT2D eigenvalue weighted by atomic mass is 10.3. The molecule has 136 valence electrons. The molecule has 26 heavy (non-hydrogen) atoms. The quantitative estimate of drug-likeness (QED) is 0.732. The number of amides is 1. The number of rotatable bonds is 5. The minimum absolute atomic E-state index is 0.187. The van der Waals surface area contributed by atoms with Crippen LogP contribution in [0.15, 0.2) is 34.9 Å². The molecule has 1 N–H and O–H groups in total. The Bertz CT molecular complexity index is 877. The van der Waals surface area contributed by atoms with Crippen molar-refractivity contribution in [3.63, 3.8) is 0 Å². The summed E-state index contributed by atoms with van der Waals surface area (Å²) in [6.45, 7) is 2.42.